The van der Waals surface area contributed by atoms with Gasteiger partial charge in [0.15, 0.2) is 9.84 Å². The summed E-state index contributed by atoms with van der Waals surface area (Å²) in [7, 11) is -3.35. The zero-order valence-electron chi connectivity index (χ0n) is 20.9. The maximum absolute atomic E-state index is 13.5. The highest BCUT2D eigenvalue weighted by Gasteiger charge is 2.29. The maximum atomic E-state index is 13.5. The molecule has 2 amide bonds. The fourth-order valence-corrected chi connectivity index (χ4v) is 4.64. The number of hydrogen-bond acceptors (Lipinski definition) is 6. The first-order chi connectivity index (χ1) is 17.0. The van der Waals surface area contributed by atoms with E-state index in [9.17, 15) is 22.4 Å². The van der Waals surface area contributed by atoms with E-state index in [-0.39, 0.29) is 35.1 Å². The number of hydrogen-bond donors (Lipinski definition) is 2. The third kappa shape index (κ3) is 7.76. The predicted octanol–water partition coefficient (Wildman–Crippen LogP) is 2.81. The predicted molar refractivity (Wildman–Crippen MR) is 136 cm³/mol. The second kappa shape index (κ2) is 12.3. The molecule has 2 aromatic carbocycles. The van der Waals surface area contributed by atoms with E-state index in [0.717, 1.165) is 6.26 Å². The number of anilines is 1. The summed E-state index contributed by atoms with van der Waals surface area (Å²) in [6.45, 7) is 6.14. The molecule has 0 bridgehead atoms. The van der Waals surface area contributed by atoms with Gasteiger partial charge < -0.3 is 20.3 Å². The Morgan fingerprint density at radius 3 is 2.36 bits per heavy atom. The van der Waals surface area contributed by atoms with E-state index in [1.807, 2.05) is 13.8 Å². The molecule has 2 atom stereocenters. The lowest BCUT2D eigenvalue weighted by atomic mass is 9.92. The molecule has 1 saturated heterocycles. The lowest BCUT2D eigenvalue weighted by Gasteiger charge is -2.30. The van der Waals surface area contributed by atoms with Gasteiger partial charge in [0.1, 0.15) is 5.82 Å². The Bertz CT molecular complexity index is 1150. The van der Waals surface area contributed by atoms with Gasteiger partial charge in [-0.1, -0.05) is 32.0 Å². The molecule has 3 rings (SSSR count). The molecular formula is C26H34FN3O5S. The summed E-state index contributed by atoms with van der Waals surface area (Å²) >= 11 is 0. The zero-order valence-corrected chi connectivity index (χ0v) is 21.7. The number of nitrogens with zero attached hydrogens (tertiary/aromatic N) is 1. The van der Waals surface area contributed by atoms with Crippen LogP contribution < -0.4 is 10.6 Å². The molecule has 1 heterocycles. The normalized spacial score (nSPS) is 15.9. The van der Waals surface area contributed by atoms with Gasteiger partial charge in [-0.3, -0.25) is 9.59 Å². The molecule has 0 aliphatic carbocycles. The SMILES string of the molecule is CC(C)C(CNc1cccc(S(C)(=O)=O)c1)NC(=O)C(CC(=O)N1CCOCC1)c1ccc(F)cc1. The van der Waals surface area contributed by atoms with Crippen LogP contribution >= 0.6 is 0 Å². The Balaban J connectivity index is 1.74. The number of sulfone groups is 1. The molecule has 2 N–H and O–H groups in total. The Labute approximate surface area is 212 Å². The topological polar surface area (TPSA) is 105 Å². The smallest absolute Gasteiger partial charge is 0.228 e. The van der Waals surface area contributed by atoms with Crippen LogP contribution in [0, 0.1) is 11.7 Å². The molecule has 0 aromatic heterocycles. The molecule has 8 nitrogen and oxygen atoms in total. The summed E-state index contributed by atoms with van der Waals surface area (Å²) in [5, 5.41) is 6.25. The number of nitrogens with one attached hydrogen (secondary N) is 2. The van der Waals surface area contributed by atoms with Crippen molar-refractivity contribution in [3.05, 3.63) is 59.9 Å². The molecule has 2 unspecified atom stereocenters. The number of benzene rings is 2. The molecular weight excluding hydrogens is 485 g/mol. The Kier molecular flexibility index (Phi) is 9.44. The molecule has 1 aliphatic heterocycles. The number of carbonyl (C=O) groups is 2. The summed E-state index contributed by atoms with van der Waals surface area (Å²) in [4.78, 5) is 28.3. The summed E-state index contributed by atoms with van der Waals surface area (Å²) in [5.74, 6) is -1.63. The first kappa shape index (κ1) is 27.6. The van der Waals surface area contributed by atoms with Crippen LogP contribution in [0.1, 0.15) is 31.7 Å². The van der Waals surface area contributed by atoms with Gasteiger partial charge in [-0.25, -0.2) is 12.8 Å². The van der Waals surface area contributed by atoms with Crippen LogP contribution in [0.25, 0.3) is 0 Å². The van der Waals surface area contributed by atoms with Crippen LogP contribution in [0.5, 0.6) is 0 Å². The number of morpholine rings is 1. The summed E-state index contributed by atoms with van der Waals surface area (Å²) in [6.07, 6.45) is 1.11. The molecule has 1 aliphatic rings. The Morgan fingerprint density at radius 2 is 1.75 bits per heavy atom. The quantitative estimate of drug-likeness (QED) is 0.500. The highest BCUT2D eigenvalue weighted by Crippen LogP contribution is 2.23. The van der Waals surface area contributed by atoms with Gasteiger partial charge in [0.05, 0.1) is 24.0 Å². The minimum absolute atomic E-state index is 0.0356. The second-order valence-electron chi connectivity index (χ2n) is 9.34. The second-order valence-corrected chi connectivity index (χ2v) is 11.4. The number of halogens is 1. The molecule has 0 spiro atoms. The van der Waals surface area contributed by atoms with Crippen LogP contribution in [0.15, 0.2) is 53.4 Å². The monoisotopic (exact) mass is 519 g/mol. The molecule has 1 fully saturated rings. The van der Waals surface area contributed by atoms with Crippen LogP contribution in [0.4, 0.5) is 10.1 Å². The number of rotatable bonds is 10. The minimum atomic E-state index is -3.35. The van der Waals surface area contributed by atoms with E-state index in [0.29, 0.717) is 44.1 Å². The van der Waals surface area contributed by atoms with E-state index in [2.05, 4.69) is 10.6 Å². The fourth-order valence-electron chi connectivity index (χ4n) is 3.97. The number of ether oxygens (including phenoxy) is 1. The van der Waals surface area contributed by atoms with Gasteiger partial charge in [0.2, 0.25) is 11.8 Å². The summed E-state index contributed by atoms with van der Waals surface area (Å²) in [6, 6.07) is 11.8. The Morgan fingerprint density at radius 1 is 1.08 bits per heavy atom. The summed E-state index contributed by atoms with van der Waals surface area (Å²) < 4.78 is 42.6. The van der Waals surface area contributed by atoms with Crippen molar-refractivity contribution in [2.45, 2.75) is 37.1 Å². The molecule has 10 heteroatoms. The third-order valence-corrected chi connectivity index (χ3v) is 7.36. The van der Waals surface area contributed by atoms with Gasteiger partial charge >= 0.3 is 0 Å². The van der Waals surface area contributed by atoms with Gasteiger partial charge in [0.25, 0.3) is 0 Å². The van der Waals surface area contributed by atoms with Crippen LogP contribution in [0.2, 0.25) is 0 Å². The van der Waals surface area contributed by atoms with Gasteiger partial charge in [-0.15, -0.1) is 0 Å². The molecule has 196 valence electrons. The van der Waals surface area contributed by atoms with Crippen molar-refractivity contribution in [1.82, 2.24) is 10.2 Å². The van der Waals surface area contributed by atoms with E-state index in [4.69, 9.17) is 4.74 Å². The van der Waals surface area contributed by atoms with E-state index in [1.54, 1.807) is 23.1 Å². The highest BCUT2D eigenvalue weighted by atomic mass is 32.2. The summed E-state index contributed by atoms with van der Waals surface area (Å²) in [5.41, 5.74) is 1.18. The first-order valence-corrected chi connectivity index (χ1v) is 13.9. The molecule has 0 radical (unpaired) electrons. The largest absolute Gasteiger partial charge is 0.383 e. The van der Waals surface area contributed by atoms with Crippen LogP contribution in [0.3, 0.4) is 0 Å². The fraction of sp³-hybridized carbons (Fsp3) is 0.462. The van der Waals surface area contributed by atoms with Gasteiger partial charge in [0, 0.05) is 44.0 Å². The van der Waals surface area contributed by atoms with Crippen molar-refractivity contribution in [2.24, 2.45) is 5.92 Å². The van der Waals surface area contributed by atoms with E-state index in [1.165, 1.54) is 30.3 Å². The standard InChI is InChI=1S/C26H34FN3O5S/c1-18(2)24(17-28-21-5-4-6-22(15-21)36(3,33)34)29-26(32)23(19-7-9-20(27)10-8-19)16-25(31)30-11-13-35-14-12-30/h4-10,15,18,23-24,28H,11-14,16-17H2,1-3H3,(H,29,32). The average Bonchev–Trinajstić information content (AvgIpc) is 2.85. The zero-order chi connectivity index (χ0) is 26.3. The van der Waals surface area contributed by atoms with E-state index >= 15 is 0 Å². The molecule has 36 heavy (non-hydrogen) atoms. The van der Waals surface area contributed by atoms with Crippen LogP contribution in [-0.4, -0.2) is 70.3 Å². The van der Waals surface area contributed by atoms with Crippen molar-refractivity contribution in [2.75, 3.05) is 44.4 Å². The molecule has 0 saturated carbocycles. The minimum Gasteiger partial charge on any atom is -0.383 e. The average molecular weight is 520 g/mol. The van der Waals surface area contributed by atoms with Gasteiger partial charge in [-0.05, 0) is 41.8 Å². The van der Waals surface area contributed by atoms with Crippen molar-refractivity contribution in [3.63, 3.8) is 0 Å². The number of amides is 2. The van der Waals surface area contributed by atoms with Crippen molar-refractivity contribution < 1.29 is 27.1 Å². The Hall–Kier alpha value is -2.98. The van der Waals surface area contributed by atoms with Crippen molar-refractivity contribution >= 4 is 27.3 Å². The number of carbonyl (C=O) groups excluding carboxylic acids is 2. The van der Waals surface area contributed by atoms with E-state index < -0.39 is 21.6 Å². The first-order valence-electron chi connectivity index (χ1n) is 12.0. The lowest BCUT2D eigenvalue weighted by Crippen LogP contribution is -2.47. The lowest BCUT2D eigenvalue weighted by molar-refractivity contribution is -0.138. The van der Waals surface area contributed by atoms with Gasteiger partial charge in [-0.2, -0.15) is 0 Å². The van der Waals surface area contributed by atoms with Crippen molar-refractivity contribution in [3.8, 4) is 0 Å². The molecule has 2 aromatic rings. The maximum Gasteiger partial charge on any atom is 0.228 e. The third-order valence-electron chi connectivity index (χ3n) is 6.25. The van der Waals surface area contributed by atoms with Crippen LogP contribution in [-0.2, 0) is 24.2 Å². The van der Waals surface area contributed by atoms with Crippen molar-refractivity contribution in [1.29, 1.82) is 0 Å². The highest BCUT2D eigenvalue weighted by molar-refractivity contribution is 7.90.